The third-order valence-electron chi connectivity index (χ3n) is 3.61. The van der Waals surface area contributed by atoms with Crippen molar-refractivity contribution >= 4 is 28.1 Å². The van der Waals surface area contributed by atoms with Crippen molar-refractivity contribution in [2.45, 2.75) is 24.0 Å². The van der Waals surface area contributed by atoms with Crippen LogP contribution in [0.3, 0.4) is 0 Å². The van der Waals surface area contributed by atoms with Gasteiger partial charge in [0, 0.05) is 28.5 Å². The van der Waals surface area contributed by atoms with E-state index in [2.05, 4.69) is 6.58 Å². The Bertz CT molecular complexity index is 620. The summed E-state index contributed by atoms with van der Waals surface area (Å²) in [7, 11) is -1.78. The van der Waals surface area contributed by atoms with Gasteiger partial charge in [-0.15, -0.1) is 6.58 Å². The molecule has 0 N–H and O–H groups in total. The molecule has 2 atom stereocenters. The van der Waals surface area contributed by atoms with Crippen LogP contribution in [-0.4, -0.2) is 32.1 Å². The van der Waals surface area contributed by atoms with Crippen molar-refractivity contribution in [2.75, 3.05) is 5.75 Å². The normalized spacial score (nSPS) is 23.6. The van der Waals surface area contributed by atoms with Crippen molar-refractivity contribution in [1.82, 2.24) is 0 Å². The molecule has 0 aliphatic heterocycles. The van der Waals surface area contributed by atoms with E-state index in [0.717, 1.165) is 0 Å². The first-order valence-electron chi connectivity index (χ1n) is 6.71. The van der Waals surface area contributed by atoms with Crippen LogP contribution in [0, 0.1) is 0 Å². The zero-order valence-electron chi connectivity index (χ0n) is 11.5. The van der Waals surface area contributed by atoms with Crippen LogP contribution in [0.1, 0.15) is 29.6 Å². The smallest absolute Gasteiger partial charge is 0.224 e. The third-order valence-corrected chi connectivity index (χ3v) is 5.50. The molecule has 0 radical (unpaired) electrons. The molecule has 4 nitrogen and oxygen atoms in total. The number of hydrogen-bond donors (Lipinski definition) is 0. The van der Waals surface area contributed by atoms with Crippen molar-refractivity contribution in [1.29, 1.82) is 0 Å². The van der Waals surface area contributed by atoms with Crippen LogP contribution < -0.4 is 0 Å². The van der Waals surface area contributed by atoms with E-state index in [-0.39, 0.29) is 18.6 Å². The predicted molar refractivity (Wildman–Crippen MR) is 80.6 cm³/mol. The van der Waals surface area contributed by atoms with Crippen molar-refractivity contribution in [2.24, 2.45) is 0 Å². The molecular weight excluding hydrogens is 288 g/mol. The second-order valence-electron chi connectivity index (χ2n) is 4.93. The lowest BCUT2D eigenvalue weighted by Crippen LogP contribution is -2.56. The minimum absolute atomic E-state index is 0.0115. The number of benzene rings is 1. The summed E-state index contributed by atoms with van der Waals surface area (Å²) in [6, 6.07) is 8.24. The van der Waals surface area contributed by atoms with E-state index in [9.17, 15) is 18.6 Å². The molecule has 0 amide bonds. The lowest BCUT2D eigenvalue weighted by Gasteiger charge is -2.32. The summed E-state index contributed by atoms with van der Waals surface area (Å²) in [6.45, 7) is 3.50. The van der Waals surface area contributed by atoms with E-state index in [1.54, 1.807) is 30.3 Å². The van der Waals surface area contributed by atoms with Gasteiger partial charge in [-0.3, -0.25) is 18.6 Å². The average Bonchev–Trinajstić information content (AvgIpc) is 2.50. The van der Waals surface area contributed by atoms with Crippen LogP contribution in [0.2, 0.25) is 0 Å². The SMILES string of the molecule is C=CCS(=O)C1(C(=O)c2ccccc2)CCCC(=O)C1=O. The Morgan fingerprint density at radius 3 is 2.57 bits per heavy atom. The fraction of sp³-hybridized carbons (Fsp3) is 0.312. The van der Waals surface area contributed by atoms with Crippen LogP contribution in [0.15, 0.2) is 43.0 Å². The first kappa shape index (κ1) is 15.5. The highest BCUT2D eigenvalue weighted by Crippen LogP contribution is 2.33. The molecule has 0 bridgehead atoms. The summed E-state index contributed by atoms with van der Waals surface area (Å²) in [5.74, 6) is -1.94. The van der Waals surface area contributed by atoms with Gasteiger partial charge in [-0.1, -0.05) is 36.4 Å². The fourth-order valence-electron chi connectivity index (χ4n) is 2.56. The highest BCUT2D eigenvalue weighted by atomic mass is 32.2. The predicted octanol–water partition coefficient (Wildman–Crippen LogP) is 1.86. The number of ketones is 3. The van der Waals surface area contributed by atoms with Crippen molar-refractivity contribution in [3.63, 3.8) is 0 Å². The number of Topliss-reactive ketones (excluding diaryl/α,β-unsaturated/α-hetero) is 3. The van der Waals surface area contributed by atoms with Gasteiger partial charge in [0.2, 0.25) is 5.78 Å². The molecule has 1 aromatic carbocycles. The molecule has 5 heteroatoms. The van der Waals surface area contributed by atoms with E-state index in [4.69, 9.17) is 0 Å². The maximum atomic E-state index is 12.8. The van der Waals surface area contributed by atoms with Gasteiger partial charge in [0.05, 0.1) is 0 Å². The molecule has 21 heavy (non-hydrogen) atoms. The molecule has 1 aromatic rings. The molecule has 1 saturated carbocycles. The Labute approximate surface area is 125 Å². The second-order valence-corrected chi connectivity index (χ2v) is 6.65. The van der Waals surface area contributed by atoms with Gasteiger partial charge >= 0.3 is 0 Å². The second kappa shape index (κ2) is 6.26. The molecule has 2 unspecified atom stereocenters. The summed E-state index contributed by atoms with van der Waals surface area (Å²) >= 11 is 0. The third kappa shape index (κ3) is 2.65. The molecule has 110 valence electrons. The Balaban J connectivity index is 2.53. The van der Waals surface area contributed by atoms with E-state index in [0.29, 0.717) is 12.0 Å². The highest BCUT2D eigenvalue weighted by Gasteiger charge is 2.54. The van der Waals surface area contributed by atoms with E-state index < -0.39 is 32.9 Å². The monoisotopic (exact) mass is 304 g/mol. The van der Waals surface area contributed by atoms with Gasteiger partial charge in [0.1, 0.15) is 0 Å². The minimum Gasteiger partial charge on any atom is -0.292 e. The van der Waals surface area contributed by atoms with Crippen LogP contribution >= 0.6 is 0 Å². The molecule has 0 spiro atoms. The number of carbonyl (C=O) groups excluding carboxylic acids is 3. The number of rotatable bonds is 5. The standard InChI is InChI=1S/C16H16O4S/c1-2-11-21(20)16(10-6-9-13(17)15(16)19)14(18)12-7-4-3-5-8-12/h2-5,7-8H,1,6,9-11H2. The summed E-state index contributed by atoms with van der Waals surface area (Å²) in [5, 5.41) is 0. The van der Waals surface area contributed by atoms with Gasteiger partial charge in [-0.25, -0.2) is 0 Å². The number of hydrogen-bond acceptors (Lipinski definition) is 4. The lowest BCUT2D eigenvalue weighted by atomic mass is 9.81. The molecule has 1 aliphatic carbocycles. The van der Waals surface area contributed by atoms with Gasteiger partial charge in [-0.2, -0.15) is 0 Å². The Hall–Kier alpha value is -1.88. The van der Waals surface area contributed by atoms with Gasteiger partial charge in [-0.05, 0) is 12.8 Å². The summed E-state index contributed by atoms with van der Waals surface area (Å²) in [4.78, 5) is 37.0. The molecule has 0 aromatic heterocycles. The van der Waals surface area contributed by atoms with Gasteiger partial charge in [0.15, 0.2) is 16.3 Å². The maximum absolute atomic E-state index is 12.8. The Morgan fingerprint density at radius 1 is 1.29 bits per heavy atom. The maximum Gasteiger partial charge on any atom is 0.224 e. The largest absolute Gasteiger partial charge is 0.292 e. The van der Waals surface area contributed by atoms with E-state index >= 15 is 0 Å². The molecule has 1 fully saturated rings. The summed E-state index contributed by atoms with van der Waals surface area (Å²) in [6.07, 6.45) is 2.06. The first-order valence-corrected chi connectivity index (χ1v) is 8.03. The molecule has 0 heterocycles. The molecule has 2 rings (SSSR count). The minimum atomic E-state index is -1.78. The van der Waals surface area contributed by atoms with Crippen LogP contribution in [0.25, 0.3) is 0 Å². The Kier molecular flexibility index (Phi) is 4.63. The number of carbonyl (C=O) groups is 3. The van der Waals surface area contributed by atoms with Crippen LogP contribution in [0.4, 0.5) is 0 Å². The zero-order chi connectivity index (χ0) is 15.5. The molecule has 1 aliphatic rings. The van der Waals surface area contributed by atoms with Crippen LogP contribution in [0.5, 0.6) is 0 Å². The summed E-state index contributed by atoms with van der Waals surface area (Å²) in [5.41, 5.74) is 0.304. The van der Waals surface area contributed by atoms with Gasteiger partial charge < -0.3 is 0 Å². The van der Waals surface area contributed by atoms with E-state index in [1.807, 2.05) is 0 Å². The quantitative estimate of drug-likeness (QED) is 0.360. The first-order chi connectivity index (χ1) is 10.0. The zero-order valence-corrected chi connectivity index (χ0v) is 12.4. The topological polar surface area (TPSA) is 68.3 Å². The van der Waals surface area contributed by atoms with Gasteiger partial charge in [0.25, 0.3) is 0 Å². The fourth-order valence-corrected chi connectivity index (χ4v) is 4.08. The Morgan fingerprint density at radius 2 is 1.95 bits per heavy atom. The van der Waals surface area contributed by atoms with Crippen molar-refractivity contribution in [3.05, 3.63) is 48.6 Å². The van der Waals surface area contributed by atoms with Crippen molar-refractivity contribution < 1.29 is 18.6 Å². The summed E-state index contributed by atoms with van der Waals surface area (Å²) < 4.78 is 10.8. The van der Waals surface area contributed by atoms with Crippen molar-refractivity contribution in [3.8, 4) is 0 Å². The van der Waals surface area contributed by atoms with Crippen LogP contribution in [-0.2, 0) is 20.4 Å². The molecular formula is C16H16O4S. The lowest BCUT2D eigenvalue weighted by molar-refractivity contribution is -0.139. The van der Waals surface area contributed by atoms with E-state index in [1.165, 1.54) is 6.08 Å². The molecule has 0 saturated heterocycles. The average molecular weight is 304 g/mol. The highest BCUT2D eigenvalue weighted by molar-refractivity contribution is 7.88.